The number of hydrogen-bond donors (Lipinski definition) is 1. The molecule has 0 aromatic heterocycles. The molecule has 0 radical (unpaired) electrons. The van der Waals surface area contributed by atoms with E-state index in [0.717, 1.165) is 30.9 Å². The first-order chi connectivity index (χ1) is 6.65. The fourth-order valence-corrected chi connectivity index (χ4v) is 2.13. The van der Waals surface area contributed by atoms with Crippen LogP contribution in [0.3, 0.4) is 0 Å². The van der Waals surface area contributed by atoms with E-state index >= 15 is 0 Å². The Morgan fingerprint density at radius 2 is 1.71 bits per heavy atom. The number of rotatable bonds is 1. The molecule has 1 saturated carbocycles. The molecule has 0 amide bonds. The van der Waals surface area contributed by atoms with Crippen LogP contribution in [0.25, 0.3) is 0 Å². The Morgan fingerprint density at radius 1 is 1.07 bits per heavy atom. The van der Waals surface area contributed by atoms with Gasteiger partial charge in [-0.05, 0) is 42.9 Å². The summed E-state index contributed by atoms with van der Waals surface area (Å²) in [6.45, 7) is 0. The van der Waals surface area contributed by atoms with Crippen molar-refractivity contribution < 1.29 is 8.78 Å². The fraction of sp³-hybridized carbons (Fsp3) is 0.455. The predicted molar refractivity (Wildman–Crippen MR) is 50.9 cm³/mol. The van der Waals surface area contributed by atoms with Crippen molar-refractivity contribution in [2.75, 3.05) is 0 Å². The molecule has 2 N–H and O–H groups in total. The van der Waals surface area contributed by atoms with Crippen molar-refractivity contribution in [1.82, 2.24) is 0 Å². The summed E-state index contributed by atoms with van der Waals surface area (Å²) in [5, 5.41) is 0. The second-order valence-electron chi connectivity index (χ2n) is 3.97. The van der Waals surface area contributed by atoms with Gasteiger partial charge in [0.25, 0.3) is 0 Å². The summed E-state index contributed by atoms with van der Waals surface area (Å²) in [5.41, 5.74) is 6.50. The molecule has 3 heteroatoms. The average Bonchev–Trinajstić information content (AvgIpc) is 2.50. The first kappa shape index (κ1) is 9.59. The minimum atomic E-state index is -0.500. The van der Waals surface area contributed by atoms with E-state index in [2.05, 4.69) is 0 Å². The number of nitrogens with two attached hydrogens (primary N) is 1. The molecule has 1 fully saturated rings. The van der Waals surface area contributed by atoms with E-state index in [1.54, 1.807) is 0 Å². The Morgan fingerprint density at radius 3 is 2.21 bits per heavy atom. The maximum Gasteiger partial charge on any atom is 0.126 e. The quantitative estimate of drug-likeness (QED) is 0.735. The van der Waals surface area contributed by atoms with Crippen LogP contribution in [0.15, 0.2) is 18.2 Å². The first-order valence-electron chi connectivity index (χ1n) is 4.87. The summed E-state index contributed by atoms with van der Waals surface area (Å²) < 4.78 is 25.8. The largest absolute Gasteiger partial charge is 0.328 e. The van der Waals surface area contributed by atoms with Gasteiger partial charge < -0.3 is 5.73 Å². The normalized spacial score (nSPS) is 26.8. The minimum Gasteiger partial charge on any atom is -0.328 e. The van der Waals surface area contributed by atoms with E-state index in [1.165, 1.54) is 12.1 Å². The molecular weight excluding hydrogens is 184 g/mol. The van der Waals surface area contributed by atoms with Gasteiger partial charge in [-0.25, -0.2) is 8.78 Å². The Labute approximate surface area is 81.9 Å². The molecule has 2 rings (SSSR count). The smallest absolute Gasteiger partial charge is 0.126 e. The van der Waals surface area contributed by atoms with Crippen LogP contribution in [0, 0.1) is 11.6 Å². The van der Waals surface area contributed by atoms with Gasteiger partial charge in [0.2, 0.25) is 0 Å². The van der Waals surface area contributed by atoms with Gasteiger partial charge in [-0.1, -0.05) is 0 Å². The third-order valence-electron chi connectivity index (χ3n) is 2.83. The molecule has 2 unspecified atom stereocenters. The highest BCUT2D eigenvalue weighted by molar-refractivity contribution is 5.23. The second kappa shape index (κ2) is 3.65. The Kier molecular flexibility index (Phi) is 2.50. The lowest BCUT2D eigenvalue weighted by atomic mass is 9.97. The van der Waals surface area contributed by atoms with Crippen LogP contribution < -0.4 is 5.73 Å². The van der Waals surface area contributed by atoms with Crippen molar-refractivity contribution in [2.45, 2.75) is 31.2 Å². The molecule has 0 spiro atoms. The van der Waals surface area contributed by atoms with Gasteiger partial charge in [-0.3, -0.25) is 0 Å². The molecule has 1 aliphatic carbocycles. The van der Waals surface area contributed by atoms with Crippen LogP contribution in [-0.2, 0) is 0 Å². The minimum absolute atomic E-state index is 0.186. The van der Waals surface area contributed by atoms with E-state index in [9.17, 15) is 8.78 Å². The summed E-state index contributed by atoms with van der Waals surface area (Å²) in [4.78, 5) is 0. The Hall–Kier alpha value is -0.960. The predicted octanol–water partition coefficient (Wildman–Crippen LogP) is 2.56. The maximum absolute atomic E-state index is 12.9. The third-order valence-corrected chi connectivity index (χ3v) is 2.83. The molecule has 0 aliphatic heterocycles. The molecule has 0 heterocycles. The van der Waals surface area contributed by atoms with Crippen LogP contribution in [-0.4, -0.2) is 6.04 Å². The van der Waals surface area contributed by atoms with Crippen molar-refractivity contribution in [3.8, 4) is 0 Å². The maximum atomic E-state index is 12.9. The molecule has 1 aromatic carbocycles. The number of halogens is 2. The molecule has 76 valence electrons. The van der Waals surface area contributed by atoms with Crippen LogP contribution in [0.1, 0.15) is 30.7 Å². The number of hydrogen-bond acceptors (Lipinski definition) is 1. The number of benzene rings is 1. The molecule has 0 saturated heterocycles. The molecule has 0 bridgehead atoms. The summed E-state index contributed by atoms with van der Waals surface area (Å²) in [6.07, 6.45) is 2.72. The lowest BCUT2D eigenvalue weighted by Gasteiger charge is -2.09. The van der Waals surface area contributed by atoms with Crippen molar-refractivity contribution in [3.05, 3.63) is 35.4 Å². The molecule has 1 aromatic rings. The molecule has 1 nitrogen and oxygen atoms in total. The van der Waals surface area contributed by atoms with Crippen LogP contribution in [0.5, 0.6) is 0 Å². The van der Waals surface area contributed by atoms with Gasteiger partial charge in [0.05, 0.1) is 0 Å². The zero-order valence-electron chi connectivity index (χ0n) is 7.84. The van der Waals surface area contributed by atoms with Crippen molar-refractivity contribution >= 4 is 0 Å². The highest BCUT2D eigenvalue weighted by Crippen LogP contribution is 2.33. The SMILES string of the molecule is NC1CCC(c2cc(F)cc(F)c2)C1. The monoisotopic (exact) mass is 197 g/mol. The van der Waals surface area contributed by atoms with Crippen LogP contribution in [0.2, 0.25) is 0 Å². The van der Waals surface area contributed by atoms with Gasteiger partial charge in [0.1, 0.15) is 11.6 Å². The fourth-order valence-electron chi connectivity index (χ4n) is 2.13. The Balaban J connectivity index is 2.23. The van der Waals surface area contributed by atoms with Crippen molar-refractivity contribution in [2.24, 2.45) is 5.73 Å². The van der Waals surface area contributed by atoms with E-state index < -0.39 is 11.6 Å². The van der Waals surface area contributed by atoms with E-state index in [-0.39, 0.29) is 12.0 Å². The van der Waals surface area contributed by atoms with E-state index in [0.29, 0.717) is 0 Å². The molecule has 2 atom stereocenters. The third kappa shape index (κ3) is 1.93. The summed E-state index contributed by atoms with van der Waals surface area (Å²) in [6, 6.07) is 3.90. The standard InChI is InChI=1S/C11H13F2N/c12-9-3-8(4-10(13)6-9)7-1-2-11(14)5-7/h3-4,6-7,11H,1-2,5,14H2. The topological polar surface area (TPSA) is 26.0 Å². The van der Waals surface area contributed by atoms with Crippen LogP contribution >= 0.6 is 0 Å². The van der Waals surface area contributed by atoms with E-state index in [1.807, 2.05) is 0 Å². The van der Waals surface area contributed by atoms with Crippen LogP contribution in [0.4, 0.5) is 8.78 Å². The molecule has 14 heavy (non-hydrogen) atoms. The van der Waals surface area contributed by atoms with Gasteiger partial charge in [0, 0.05) is 12.1 Å². The summed E-state index contributed by atoms with van der Waals surface area (Å²) in [7, 11) is 0. The Bertz CT molecular complexity index is 318. The summed E-state index contributed by atoms with van der Waals surface area (Å²) >= 11 is 0. The van der Waals surface area contributed by atoms with Gasteiger partial charge in [-0.15, -0.1) is 0 Å². The van der Waals surface area contributed by atoms with Crippen molar-refractivity contribution in [1.29, 1.82) is 0 Å². The average molecular weight is 197 g/mol. The summed E-state index contributed by atoms with van der Waals surface area (Å²) in [5.74, 6) is -0.767. The van der Waals surface area contributed by atoms with Gasteiger partial charge in [0.15, 0.2) is 0 Å². The highest BCUT2D eigenvalue weighted by atomic mass is 19.1. The van der Waals surface area contributed by atoms with Gasteiger partial charge >= 0.3 is 0 Å². The van der Waals surface area contributed by atoms with E-state index in [4.69, 9.17) is 5.73 Å². The van der Waals surface area contributed by atoms with Crippen molar-refractivity contribution in [3.63, 3.8) is 0 Å². The first-order valence-corrected chi connectivity index (χ1v) is 4.87. The zero-order valence-corrected chi connectivity index (χ0v) is 7.84. The second-order valence-corrected chi connectivity index (χ2v) is 3.97. The highest BCUT2D eigenvalue weighted by Gasteiger charge is 2.23. The lowest BCUT2D eigenvalue weighted by molar-refractivity contribution is 0.571. The molecular formula is C11H13F2N. The zero-order chi connectivity index (χ0) is 10.1. The molecule has 1 aliphatic rings. The lowest BCUT2D eigenvalue weighted by Crippen LogP contribution is -2.14. The van der Waals surface area contributed by atoms with Gasteiger partial charge in [-0.2, -0.15) is 0 Å².